The van der Waals surface area contributed by atoms with Gasteiger partial charge in [0.1, 0.15) is 17.5 Å². The van der Waals surface area contributed by atoms with E-state index < -0.39 is 0 Å². The van der Waals surface area contributed by atoms with E-state index in [4.69, 9.17) is 9.78 Å². The van der Waals surface area contributed by atoms with E-state index >= 15 is 0 Å². The number of halogens is 1. The summed E-state index contributed by atoms with van der Waals surface area (Å²) >= 11 is 3.46. The van der Waals surface area contributed by atoms with Crippen LogP contribution in [-0.2, 0) is 7.05 Å². The molecule has 0 spiro atoms. The van der Waals surface area contributed by atoms with Gasteiger partial charge in [-0.25, -0.2) is 0 Å². The molecule has 0 amide bonds. The molecule has 16 heavy (non-hydrogen) atoms. The highest BCUT2D eigenvalue weighted by atomic mass is 79.9. The Morgan fingerprint density at radius 1 is 1.44 bits per heavy atom. The molecule has 0 saturated carbocycles. The first kappa shape index (κ1) is 11.0. The molecule has 2 aromatic rings. The normalized spacial score (nSPS) is 10.4. The molecule has 0 saturated heterocycles. The van der Waals surface area contributed by atoms with Crippen molar-refractivity contribution in [3.05, 3.63) is 27.8 Å². The summed E-state index contributed by atoms with van der Waals surface area (Å²) in [5.41, 5.74) is 3.13. The smallest absolute Gasteiger partial charge is 0.141 e. The first-order valence-corrected chi connectivity index (χ1v) is 5.53. The fourth-order valence-electron chi connectivity index (χ4n) is 1.80. The van der Waals surface area contributed by atoms with Crippen LogP contribution in [0.25, 0.3) is 11.1 Å². The summed E-state index contributed by atoms with van der Waals surface area (Å²) in [6.45, 7) is 3.71. The van der Waals surface area contributed by atoms with E-state index in [9.17, 15) is 0 Å². The van der Waals surface area contributed by atoms with Crippen molar-refractivity contribution in [1.29, 1.82) is 5.26 Å². The van der Waals surface area contributed by atoms with Crippen molar-refractivity contribution in [2.45, 2.75) is 13.8 Å². The molecule has 0 fully saturated rings. The lowest BCUT2D eigenvalue weighted by Gasteiger charge is -1.99. The van der Waals surface area contributed by atoms with E-state index in [2.05, 4.69) is 27.2 Å². The van der Waals surface area contributed by atoms with Crippen LogP contribution in [-0.4, -0.2) is 9.72 Å². The topological polar surface area (TPSA) is 54.8 Å². The number of nitriles is 1. The summed E-state index contributed by atoms with van der Waals surface area (Å²) in [5, 5.41) is 13.1. The molecular formula is C11H10BrN3O. The Balaban J connectivity index is 2.79. The molecule has 0 unspecified atom stereocenters. The fourth-order valence-corrected chi connectivity index (χ4v) is 2.49. The summed E-state index contributed by atoms with van der Waals surface area (Å²) in [5.74, 6) is 0.723. The van der Waals surface area contributed by atoms with Gasteiger partial charge in [0.15, 0.2) is 0 Å². The first-order chi connectivity index (χ1) is 7.56. The lowest BCUT2D eigenvalue weighted by molar-refractivity contribution is 0.393. The van der Waals surface area contributed by atoms with Crippen LogP contribution in [0.5, 0.6) is 0 Å². The maximum atomic E-state index is 9.15. The lowest BCUT2D eigenvalue weighted by Crippen LogP contribution is -1.91. The third-order valence-electron chi connectivity index (χ3n) is 2.52. The minimum absolute atomic E-state index is 0.598. The number of aryl methyl sites for hydroxylation is 3. The molecular weight excluding hydrogens is 270 g/mol. The van der Waals surface area contributed by atoms with Gasteiger partial charge < -0.3 is 9.09 Å². The first-order valence-electron chi connectivity index (χ1n) is 4.74. The SMILES string of the molecule is Cc1noc(C)c1-c1c(Br)cn(C)c1C#N. The van der Waals surface area contributed by atoms with Crippen LogP contribution < -0.4 is 0 Å². The summed E-state index contributed by atoms with van der Waals surface area (Å²) in [7, 11) is 1.84. The molecule has 5 heteroatoms. The van der Waals surface area contributed by atoms with E-state index in [1.807, 2.05) is 27.1 Å². The highest BCUT2D eigenvalue weighted by Gasteiger charge is 2.20. The predicted octanol–water partition coefficient (Wildman–Crippen LogP) is 2.93. The Kier molecular flexibility index (Phi) is 2.60. The van der Waals surface area contributed by atoms with E-state index in [1.165, 1.54) is 0 Å². The molecule has 0 N–H and O–H groups in total. The summed E-state index contributed by atoms with van der Waals surface area (Å²) < 4.78 is 7.78. The molecule has 4 nitrogen and oxygen atoms in total. The van der Waals surface area contributed by atoms with Gasteiger partial charge in [0, 0.05) is 23.3 Å². The molecule has 2 heterocycles. The van der Waals surface area contributed by atoms with Crippen LogP contribution in [0.15, 0.2) is 15.2 Å². The van der Waals surface area contributed by atoms with Crippen LogP contribution in [0.4, 0.5) is 0 Å². The van der Waals surface area contributed by atoms with Crippen LogP contribution in [0.3, 0.4) is 0 Å². The zero-order valence-electron chi connectivity index (χ0n) is 9.21. The fraction of sp³-hybridized carbons (Fsp3) is 0.273. The third-order valence-corrected chi connectivity index (χ3v) is 3.13. The van der Waals surface area contributed by atoms with E-state index in [1.54, 1.807) is 4.57 Å². The van der Waals surface area contributed by atoms with Crippen LogP contribution in [0, 0.1) is 25.2 Å². The highest BCUT2D eigenvalue weighted by molar-refractivity contribution is 9.10. The molecule has 2 rings (SSSR count). The van der Waals surface area contributed by atoms with E-state index in [0.29, 0.717) is 5.69 Å². The zero-order valence-corrected chi connectivity index (χ0v) is 10.8. The summed E-state index contributed by atoms with van der Waals surface area (Å²) in [6.07, 6.45) is 1.86. The van der Waals surface area contributed by atoms with Gasteiger partial charge in [-0.15, -0.1) is 0 Å². The monoisotopic (exact) mass is 279 g/mol. The minimum atomic E-state index is 0.598. The molecule has 0 aromatic carbocycles. The van der Waals surface area contributed by atoms with Crippen molar-refractivity contribution in [3.8, 4) is 17.2 Å². The summed E-state index contributed by atoms with van der Waals surface area (Å²) in [6, 6.07) is 2.19. The number of hydrogen-bond donors (Lipinski definition) is 0. The number of rotatable bonds is 1. The lowest BCUT2D eigenvalue weighted by atomic mass is 10.1. The number of hydrogen-bond acceptors (Lipinski definition) is 3. The largest absolute Gasteiger partial charge is 0.361 e. The standard InChI is InChI=1S/C11H10BrN3O/c1-6-10(7(2)16-14-6)11-8(12)5-15(3)9(11)4-13/h5H,1-3H3. The van der Waals surface area contributed by atoms with Gasteiger partial charge in [-0.3, -0.25) is 0 Å². The van der Waals surface area contributed by atoms with Crippen molar-refractivity contribution in [2.24, 2.45) is 7.05 Å². The maximum absolute atomic E-state index is 9.15. The van der Waals surface area contributed by atoms with Crippen molar-refractivity contribution in [2.75, 3.05) is 0 Å². The van der Waals surface area contributed by atoms with Gasteiger partial charge in [0.25, 0.3) is 0 Å². The van der Waals surface area contributed by atoms with Crippen LogP contribution >= 0.6 is 15.9 Å². The Morgan fingerprint density at radius 3 is 2.62 bits per heavy atom. The summed E-state index contributed by atoms with van der Waals surface area (Å²) in [4.78, 5) is 0. The Hall–Kier alpha value is -1.54. The molecule has 82 valence electrons. The molecule has 0 aliphatic heterocycles. The van der Waals surface area contributed by atoms with Gasteiger partial charge in [0.2, 0.25) is 0 Å². The Labute approximate surface area is 102 Å². The molecule has 0 aliphatic carbocycles. The average molecular weight is 280 g/mol. The minimum Gasteiger partial charge on any atom is -0.361 e. The van der Waals surface area contributed by atoms with Gasteiger partial charge in [-0.05, 0) is 29.8 Å². The van der Waals surface area contributed by atoms with Crippen molar-refractivity contribution < 1.29 is 4.52 Å². The van der Waals surface area contributed by atoms with E-state index in [0.717, 1.165) is 27.1 Å². The van der Waals surface area contributed by atoms with Crippen molar-refractivity contribution >= 4 is 15.9 Å². The highest BCUT2D eigenvalue weighted by Crippen LogP contribution is 2.36. The number of aromatic nitrogens is 2. The number of nitrogens with zero attached hydrogens (tertiary/aromatic N) is 3. The second-order valence-corrected chi connectivity index (χ2v) is 4.48. The molecule has 0 radical (unpaired) electrons. The van der Waals surface area contributed by atoms with Crippen LogP contribution in [0.1, 0.15) is 17.1 Å². The molecule has 0 aliphatic rings. The average Bonchev–Trinajstić information content (AvgIpc) is 2.68. The van der Waals surface area contributed by atoms with Crippen molar-refractivity contribution in [1.82, 2.24) is 9.72 Å². The van der Waals surface area contributed by atoms with Gasteiger partial charge in [-0.1, -0.05) is 5.16 Å². The predicted molar refractivity (Wildman–Crippen MR) is 62.8 cm³/mol. The zero-order chi connectivity index (χ0) is 11.9. The van der Waals surface area contributed by atoms with Gasteiger partial charge in [0.05, 0.1) is 11.3 Å². The molecule has 2 aromatic heterocycles. The second kappa shape index (κ2) is 3.80. The van der Waals surface area contributed by atoms with E-state index in [-0.39, 0.29) is 0 Å². The Bertz CT molecular complexity index is 570. The van der Waals surface area contributed by atoms with Gasteiger partial charge in [-0.2, -0.15) is 5.26 Å². The second-order valence-electron chi connectivity index (χ2n) is 3.62. The Morgan fingerprint density at radius 2 is 2.12 bits per heavy atom. The quantitative estimate of drug-likeness (QED) is 0.807. The maximum Gasteiger partial charge on any atom is 0.141 e. The van der Waals surface area contributed by atoms with Crippen LogP contribution in [0.2, 0.25) is 0 Å². The van der Waals surface area contributed by atoms with Gasteiger partial charge >= 0.3 is 0 Å². The molecule has 0 atom stereocenters. The molecule has 0 bridgehead atoms. The third kappa shape index (κ3) is 1.46. The van der Waals surface area contributed by atoms with Crippen molar-refractivity contribution in [3.63, 3.8) is 0 Å².